The van der Waals surface area contributed by atoms with Crippen molar-refractivity contribution in [2.45, 2.75) is 274 Å². The topological polar surface area (TPSA) is 426 Å². The zero-order valence-electron chi connectivity index (χ0n) is 84.0. The van der Waals surface area contributed by atoms with Crippen molar-refractivity contribution in [1.29, 1.82) is 5.26 Å². The minimum atomic E-state index is -2.02. The summed E-state index contributed by atoms with van der Waals surface area (Å²) in [5, 5.41) is 50.3. The van der Waals surface area contributed by atoms with Gasteiger partial charge in [0.25, 0.3) is 0 Å². The van der Waals surface area contributed by atoms with Crippen molar-refractivity contribution in [1.82, 2.24) is 21.3 Å². The summed E-state index contributed by atoms with van der Waals surface area (Å²) in [5.74, 6) is 5.60. The number of aliphatic hydroxyl groups excluding tert-OH is 2. The quantitative estimate of drug-likeness (QED) is 0.00470. The number of aliphatic hydroxyl groups is 2. The third-order valence-corrected chi connectivity index (χ3v) is 22.7. The maximum absolute atomic E-state index is 12.2. The van der Waals surface area contributed by atoms with Crippen LogP contribution in [0, 0.1) is 11.3 Å². The van der Waals surface area contributed by atoms with E-state index in [1.54, 1.807) is 69.3 Å². The average Bonchev–Trinajstić information content (AvgIpc) is 1.74. The van der Waals surface area contributed by atoms with Gasteiger partial charge in [0.15, 0.2) is 80.9 Å². The lowest BCUT2D eigenvalue weighted by atomic mass is 10.0. The van der Waals surface area contributed by atoms with Gasteiger partial charge in [0.2, 0.25) is 40.8 Å². The summed E-state index contributed by atoms with van der Waals surface area (Å²) < 4.78 is 90.4. The molecule has 6 aromatic carbocycles. The zero-order chi connectivity index (χ0) is 107. The molecule has 7 N–H and O–H groups in total. The lowest BCUT2D eigenvalue weighted by Gasteiger charge is -2.23. The molecule has 0 saturated heterocycles. The van der Waals surface area contributed by atoms with E-state index in [1.807, 2.05) is 113 Å². The largest absolute Gasteiger partial charge is 0.479 e. The van der Waals surface area contributed by atoms with Gasteiger partial charge in [0.05, 0.1) is 31.8 Å². The first kappa shape index (κ1) is 132. The highest BCUT2D eigenvalue weighted by molar-refractivity contribution is 7.59. The molecule has 0 aromatic heterocycles. The number of alkyl halides is 4. The number of carbonyl (C=O) groups excluding carboxylic acids is 7. The van der Waals surface area contributed by atoms with Gasteiger partial charge in [-0.3, -0.25) is 28.8 Å². The van der Waals surface area contributed by atoms with Gasteiger partial charge >= 0.3 is 35.8 Å². The van der Waals surface area contributed by atoms with Crippen LogP contribution in [0.15, 0.2) is 84.6 Å². The number of halogens is 10. The molecule has 5 atom stereocenters. The Bertz CT molecular complexity index is 5080. The Labute approximate surface area is 918 Å². The number of fused-ring (bicyclic) bond motifs is 6. The van der Waals surface area contributed by atoms with Crippen molar-refractivity contribution >= 4 is 177 Å². The molecule has 33 nitrogen and oxygen atoms in total. The van der Waals surface area contributed by atoms with E-state index in [2.05, 4.69) is 21.3 Å². The Morgan fingerprint density at radius 3 is 0.878 bits per heavy atom. The molecular weight excluding hydrogens is 2140 g/mol. The average molecular weight is 2280 g/mol. The number of benzene rings is 6. The molecule has 0 aliphatic carbocycles. The van der Waals surface area contributed by atoms with Crippen molar-refractivity contribution in [2.24, 2.45) is 0 Å². The maximum Gasteiger partial charge on any atom is 0.335 e. The third-order valence-electron chi connectivity index (χ3n) is 19.5. The van der Waals surface area contributed by atoms with Crippen LogP contribution in [0.3, 0.4) is 0 Å². The van der Waals surface area contributed by atoms with E-state index < -0.39 is 63.9 Å². The molecule has 0 radical (unpaired) electrons. The first-order valence-electron chi connectivity index (χ1n) is 46.1. The van der Waals surface area contributed by atoms with Crippen molar-refractivity contribution < 1.29 is 134 Å². The first-order chi connectivity index (χ1) is 67.6. The van der Waals surface area contributed by atoms with Crippen LogP contribution < -0.4 is 78.1 Å². The van der Waals surface area contributed by atoms with Crippen molar-refractivity contribution in [3.63, 3.8) is 0 Å². The van der Waals surface area contributed by atoms with Gasteiger partial charge in [-0.15, -0.1) is 46.4 Å². The minimum Gasteiger partial charge on any atom is -0.479 e. The highest BCUT2D eigenvalue weighted by Crippen LogP contribution is 2.44. The van der Waals surface area contributed by atoms with E-state index in [9.17, 15) is 38.4 Å². The molecule has 6 aliphatic heterocycles. The molecule has 12 rings (SSSR count). The van der Waals surface area contributed by atoms with Crippen LogP contribution >= 0.6 is 130 Å². The summed E-state index contributed by atoms with van der Waals surface area (Å²) in [7, 11) is 0. The van der Waals surface area contributed by atoms with Crippen molar-refractivity contribution in [3.8, 4) is 75.1 Å². The number of aliphatic carboxylic acids is 1. The molecule has 820 valence electrons. The standard InChI is InChI=1S/3C18H25Cl2NO4.C18H23Cl2NO4.C15H17ClO5.C9H6ClNO2.C5H8O5.2CH4.H2S/c4*1-18(2,3)25-17(22)9-13(21-6-4-5-19)7-12-8-15-16(10-14(12)20)24-11-23-15;1-15(2,3)21-14(18)6-10(17)4-9-5-12-13(7-11(9)16)20-8-19-12;10-7-4-9-8(12-5-13-9)3-6(7)1-2-11;1-2(6)3(7)4(8)5(9)10;;;/h3*8,10,13,21H,4-7,9,11H2,1-3H3;8-10,21H,4-7,11H2,1-3H3;5,7H,4,6,8H2,1-3H3;3-4H,1,5H2;3-4,7-8H,1H3,(H,9,10);2*1H4;1H2/b;;;13-9-;;;;;;/t2*13-;;;;;3-,4+;;;/m11....0.../s1. The van der Waals surface area contributed by atoms with E-state index in [0.29, 0.717) is 166 Å². The monoisotopic (exact) mass is 2280 g/mol. The van der Waals surface area contributed by atoms with E-state index in [0.717, 1.165) is 80.1 Å². The number of ketones is 2. The number of nitriles is 1. The maximum atomic E-state index is 12.2. The number of rotatable bonds is 39. The zero-order valence-corrected chi connectivity index (χ0v) is 92.5. The summed E-state index contributed by atoms with van der Waals surface area (Å²) in [6.45, 7) is 32.4. The number of allylic oxidation sites excluding steroid dienone is 1. The van der Waals surface area contributed by atoms with Gasteiger partial charge < -0.3 is 117 Å². The Kier molecular flexibility index (Phi) is 58.3. The van der Waals surface area contributed by atoms with Gasteiger partial charge in [0, 0.05) is 139 Å². The lowest BCUT2D eigenvalue weighted by molar-refractivity contribution is -0.157. The summed E-state index contributed by atoms with van der Waals surface area (Å²) >= 11 is 60.3. The van der Waals surface area contributed by atoms with E-state index in [4.69, 9.17) is 217 Å². The molecule has 0 saturated carbocycles. The normalized spacial score (nSPS) is 13.8. The number of nitrogens with one attached hydrogen (secondary N) is 4. The molecule has 0 amide bonds. The fourth-order valence-electron chi connectivity index (χ4n) is 13.4. The van der Waals surface area contributed by atoms with E-state index >= 15 is 0 Å². The van der Waals surface area contributed by atoms with Gasteiger partial charge in [0.1, 0.15) is 46.3 Å². The number of Topliss-reactive ketones (excluding diaryl/α,β-unsaturated/α-hetero) is 2. The SMILES string of the molecule is C.C.CC(=O)[C@H](O)[C@@H](O)C(=O)O.CC(C)(C)OC(=O)/C=C(/Cc1cc2c(cc1Cl)OCO2)NCCCCl.CC(C)(C)OC(=O)CC(=O)Cc1cc2c(cc1Cl)OCO2.CC(C)(C)OC(=O)CC(Cc1cc2c(cc1Cl)OCO2)NCCCCl.CC(C)(C)OC(=O)C[C@@H](Cc1cc2c(cc1Cl)OCO2)NCCCCl.CC(C)(C)OC(=O)C[C@@H](Cc1cc2c(cc1Cl)OCO2)NCCCCl.N#CCc1cc2c(cc1Cl)OCO2.S. The van der Waals surface area contributed by atoms with Gasteiger partial charge in [-0.05, 0) is 245 Å². The number of carbonyl (C=O) groups is 8. The molecule has 6 aromatic rings. The third kappa shape index (κ3) is 50.3. The Hall–Kier alpha value is -8.84. The number of carboxylic acids is 1. The molecule has 44 heteroatoms. The van der Waals surface area contributed by atoms with Crippen LogP contribution in [0.4, 0.5) is 0 Å². The molecular formula is C103H139Cl10N5O28S. The molecule has 1 unspecified atom stereocenters. The van der Waals surface area contributed by atoms with Gasteiger partial charge in [-0.2, -0.15) is 18.8 Å². The van der Waals surface area contributed by atoms with Crippen LogP contribution in [-0.4, -0.2) is 211 Å². The van der Waals surface area contributed by atoms with Gasteiger partial charge in [-0.25, -0.2) is 9.59 Å². The molecule has 0 spiro atoms. The summed E-state index contributed by atoms with van der Waals surface area (Å²) in [5.41, 5.74) is 2.95. The second kappa shape index (κ2) is 64.8. The Morgan fingerprint density at radius 1 is 0.374 bits per heavy atom. The Balaban J connectivity index is 0.000000446. The number of carboxylic acid groups (broad SMARTS) is 1. The summed E-state index contributed by atoms with van der Waals surface area (Å²) in [4.78, 5) is 92.4. The van der Waals surface area contributed by atoms with Crippen LogP contribution in [0.5, 0.6) is 69.0 Å². The van der Waals surface area contributed by atoms with Crippen LogP contribution in [-0.2, 0) is 101 Å². The van der Waals surface area contributed by atoms with E-state index in [1.165, 1.54) is 6.08 Å². The Morgan fingerprint density at radius 2 is 0.619 bits per heavy atom. The van der Waals surface area contributed by atoms with Crippen LogP contribution in [0.1, 0.15) is 210 Å². The molecule has 0 fully saturated rings. The highest BCUT2D eigenvalue weighted by atomic mass is 35.5. The minimum absolute atomic E-state index is 0. The number of hydrogen-bond donors (Lipinski definition) is 7. The first-order valence-corrected chi connectivity index (χ1v) is 50.5. The summed E-state index contributed by atoms with van der Waals surface area (Å²) in [6, 6.07) is 22.9. The number of esters is 5. The van der Waals surface area contributed by atoms with Crippen molar-refractivity contribution in [2.75, 3.05) is 90.5 Å². The fraction of sp³-hybridized carbons (Fsp3) is 0.544. The smallest absolute Gasteiger partial charge is 0.335 e. The molecule has 0 bridgehead atoms. The van der Waals surface area contributed by atoms with Gasteiger partial charge in [-0.1, -0.05) is 84.5 Å². The predicted octanol–water partition coefficient (Wildman–Crippen LogP) is 20.7. The lowest BCUT2D eigenvalue weighted by Crippen LogP contribution is -2.38. The van der Waals surface area contributed by atoms with Crippen LogP contribution in [0.25, 0.3) is 0 Å². The molecule has 147 heavy (non-hydrogen) atoms. The number of ether oxygens (including phenoxy) is 17. The summed E-state index contributed by atoms with van der Waals surface area (Å²) in [6.07, 6.45) is 3.87. The molecule has 6 aliphatic rings. The second-order valence-corrected chi connectivity index (χ2v) is 41.8. The van der Waals surface area contributed by atoms with Crippen molar-refractivity contribution in [3.05, 3.63) is 148 Å². The molecule has 6 heterocycles. The number of hydrogen-bond acceptors (Lipinski definition) is 32. The number of nitrogens with zero attached hydrogens (tertiary/aromatic N) is 1. The van der Waals surface area contributed by atoms with E-state index in [-0.39, 0.29) is 149 Å². The fourth-order valence-corrected chi connectivity index (χ4v) is 15.3. The second-order valence-electron chi connectivity index (χ2n) is 37.8. The van der Waals surface area contributed by atoms with Crippen LogP contribution in [0.2, 0.25) is 30.1 Å². The predicted molar refractivity (Wildman–Crippen MR) is 573 cm³/mol. The highest BCUT2D eigenvalue weighted by Gasteiger charge is 2.32.